The van der Waals surface area contributed by atoms with Crippen molar-refractivity contribution in [3.05, 3.63) is 133 Å². The van der Waals surface area contributed by atoms with Crippen LogP contribution < -0.4 is 0 Å². The Bertz CT molecular complexity index is 2240. The zero-order valence-electron chi connectivity index (χ0n) is 22.1. The molecule has 0 saturated carbocycles. The molecule has 0 aliphatic heterocycles. The number of fused-ring (bicyclic) bond motifs is 7. The van der Waals surface area contributed by atoms with Crippen LogP contribution in [0.1, 0.15) is 5.56 Å². The van der Waals surface area contributed by atoms with Gasteiger partial charge in [0, 0.05) is 31.6 Å². The zero-order chi connectivity index (χ0) is 28.4. The first-order valence-corrected chi connectivity index (χ1v) is 14.4. The van der Waals surface area contributed by atoms with E-state index in [4.69, 9.17) is 4.98 Å². The maximum absolute atomic E-state index is 13.5. The predicted octanol–water partition coefficient (Wildman–Crippen LogP) is 10.9. The van der Waals surface area contributed by atoms with Gasteiger partial charge in [-0.15, -0.1) is 11.3 Å². The van der Waals surface area contributed by atoms with E-state index in [2.05, 4.69) is 54.6 Å². The Morgan fingerprint density at radius 1 is 0.595 bits per heavy atom. The number of halogens is 3. The number of nitrogens with zero attached hydrogens (tertiary/aromatic N) is 2. The lowest BCUT2D eigenvalue weighted by atomic mass is 10.00. The number of benzene rings is 6. The van der Waals surface area contributed by atoms with E-state index in [1.165, 1.54) is 27.1 Å². The number of aromatic nitrogens is 2. The molecule has 0 spiro atoms. The van der Waals surface area contributed by atoms with Gasteiger partial charge >= 0.3 is 6.18 Å². The van der Waals surface area contributed by atoms with Gasteiger partial charge in [-0.25, -0.2) is 4.98 Å². The van der Waals surface area contributed by atoms with Gasteiger partial charge < -0.3 is 0 Å². The molecule has 0 atom stereocenters. The minimum atomic E-state index is -4.41. The van der Waals surface area contributed by atoms with Crippen molar-refractivity contribution in [3.63, 3.8) is 0 Å². The molecule has 2 nitrogen and oxygen atoms in total. The number of imidazole rings is 1. The van der Waals surface area contributed by atoms with E-state index < -0.39 is 11.7 Å². The highest BCUT2D eigenvalue weighted by atomic mass is 32.1. The molecule has 202 valence electrons. The molecule has 0 fully saturated rings. The Hall–Kier alpha value is -4.94. The average Bonchev–Trinajstić information content (AvgIpc) is 3.64. The normalized spacial score (nSPS) is 12.2. The summed E-state index contributed by atoms with van der Waals surface area (Å²) in [5.41, 5.74) is 3.60. The van der Waals surface area contributed by atoms with Gasteiger partial charge in [-0.2, -0.15) is 13.2 Å². The first-order valence-electron chi connectivity index (χ1n) is 13.5. The van der Waals surface area contributed by atoms with Crippen molar-refractivity contribution < 1.29 is 13.2 Å². The summed E-state index contributed by atoms with van der Waals surface area (Å²) in [6, 6.07) is 40.4. The molecule has 0 N–H and O–H groups in total. The molecule has 6 heteroatoms. The second kappa shape index (κ2) is 9.29. The summed E-state index contributed by atoms with van der Waals surface area (Å²) in [6.45, 7) is 0. The number of rotatable bonds is 3. The van der Waals surface area contributed by atoms with E-state index in [0.717, 1.165) is 55.8 Å². The Kier molecular flexibility index (Phi) is 5.49. The van der Waals surface area contributed by atoms with Crippen molar-refractivity contribution in [2.75, 3.05) is 0 Å². The standard InChI is InChI=1S/C36H21F3N2S/c37-36(38,39)25-17-19-26(20-18-25)41-34-30-11-5-3-9-28(30)27-8-2-4-10-29(27)33(34)40-35(41)23-15-13-22(14-16-23)32-21-24-7-1-6-12-31(24)42-32/h1-21H. The van der Waals surface area contributed by atoms with Crippen LogP contribution in [0.5, 0.6) is 0 Å². The maximum Gasteiger partial charge on any atom is 0.416 e. The third kappa shape index (κ3) is 3.90. The number of thiophene rings is 1. The molecule has 8 aromatic rings. The molecule has 0 amide bonds. The fourth-order valence-corrected chi connectivity index (χ4v) is 6.93. The molecule has 0 saturated heterocycles. The molecule has 0 aliphatic rings. The molecule has 2 aromatic heterocycles. The van der Waals surface area contributed by atoms with Gasteiger partial charge in [-0.05, 0) is 58.1 Å². The highest BCUT2D eigenvalue weighted by Gasteiger charge is 2.30. The Labute approximate surface area is 242 Å². The van der Waals surface area contributed by atoms with Crippen LogP contribution in [-0.4, -0.2) is 9.55 Å². The quantitative estimate of drug-likeness (QED) is 0.193. The van der Waals surface area contributed by atoms with E-state index in [1.54, 1.807) is 11.3 Å². The molecule has 2 heterocycles. The van der Waals surface area contributed by atoms with Crippen molar-refractivity contribution in [3.8, 4) is 27.5 Å². The first-order chi connectivity index (χ1) is 20.5. The van der Waals surface area contributed by atoms with Crippen LogP contribution >= 0.6 is 11.3 Å². The predicted molar refractivity (Wildman–Crippen MR) is 167 cm³/mol. The number of hydrogen-bond donors (Lipinski definition) is 0. The van der Waals surface area contributed by atoms with Gasteiger partial charge in [0.15, 0.2) is 0 Å². The van der Waals surface area contributed by atoms with Gasteiger partial charge in [0.1, 0.15) is 5.82 Å². The molecule has 0 bridgehead atoms. The van der Waals surface area contributed by atoms with Crippen molar-refractivity contribution in [1.29, 1.82) is 0 Å². The Balaban J connectivity index is 1.39. The van der Waals surface area contributed by atoms with Crippen molar-refractivity contribution >= 4 is 54.0 Å². The lowest BCUT2D eigenvalue weighted by Gasteiger charge is -2.14. The molecule has 0 aliphatic carbocycles. The van der Waals surface area contributed by atoms with Crippen molar-refractivity contribution in [2.24, 2.45) is 0 Å². The van der Waals surface area contributed by atoms with Crippen molar-refractivity contribution in [2.45, 2.75) is 6.18 Å². The third-order valence-electron chi connectivity index (χ3n) is 7.84. The molecule has 0 unspecified atom stereocenters. The number of hydrogen-bond acceptors (Lipinski definition) is 2. The minimum absolute atomic E-state index is 0.620. The first kappa shape index (κ1) is 24.8. The van der Waals surface area contributed by atoms with E-state index >= 15 is 0 Å². The monoisotopic (exact) mass is 570 g/mol. The van der Waals surface area contributed by atoms with Crippen LogP contribution in [0.25, 0.3) is 70.2 Å². The van der Waals surface area contributed by atoms with Crippen LogP contribution in [0, 0.1) is 0 Å². The SMILES string of the molecule is FC(F)(F)c1ccc(-n2c(-c3ccc(-c4cc5ccccc5s4)cc3)nc3c4ccccc4c4ccccc4c32)cc1. The van der Waals surface area contributed by atoms with Gasteiger partial charge in [-0.3, -0.25) is 4.57 Å². The average molecular weight is 571 g/mol. The molecular formula is C36H21F3N2S. The molecular weight excluding hydrogens is 549 g/mol. The van der Waals surface area contributed by atoms with Gasteiger partial charge in [0.05, 0.1) is 16.6 Å². The van der Waals surface area contributed by atoms with E-state index in [-0.39, 0.29) is 0 Å². The van der Waals surface area contributed by atoms with Gasteiger partial charge in [-0.1, -0.05) is 91.0 Å². The summed E-state index contributed by atoms with van der Waals surface area (Å²) in [6.07, 6.45) is -4.41. The second-order valence-electron chi connectivity index (χ2n) is 10.3. The molecule has 6 aromatic carbocycles. The van der Waals surface area contributed by atoms with Crippen LogP contribution in [0.3, 0.4) is 0 Å². The van der Waals surface area contributed by atoms with E-state index in [0.29, 0.717) is 11.5 Å². The fraction of sp³-hybridized carbons (Fsp3) is 0.0278. The lowest BCUT2D eigenvalue weighted by molar-refractivity contribution is -0.137. The molecule has 8 rings (SSSR count). The summed E-state index contributed by atoms with van der Waals surface area (Å²) < 4.78 is 43.6. The summed E-state index contributed by atoms with van der Waals surface area (Å²) in [5.74, 6) is 0.675. The van der Waals surface area contributed by atoms with Gasteiger partial charge in [0.25, 0.3) is 0 Å². The summed E-state index contributed by atoms with van der Waals surface area (Å²) in [7, 11) is 0. The molecule has 42 heavy (non-hydrogen) atoms. The number of alkyl halides is 3. The maximum atomic E-state index is 13.5. The van der Waals surface area contributed by atoms with Gasteiger partial charge in [0.2, 0.25) is 0 Å². The fourth-order valence-electron chi connectivity index (χ4n) is 5.86. The third-order valence-corrected chi connectivity index (χ3v) is 9.00. The topological polar surface area (TPSA) is 17.8 Å². The molecule has 0 radical (unpaired) electrons. The van der Waals surface area contributed by atoms with E-state index in [1.807, 2.05) is 53.1 Å². The van der Waals surface area contributed by atoms with Crippen LogP contribution in [0.2, 0.25) is 0 Å². The Morgan fingerprint density at radius 2 is 1.19 bits per heavy atom. The summed E-state index contributed by atoms with van der Waals surface area (Å²) >= 11 is 1.75. The lowest BCUT2D eigenvalue weighted by Crippen LogP contribution is -2.05. The summed E-state index contributed by atoms with van der Waals surface area (Å²) in [5, 5.41) is 5.36. The van der Waals surface area contributed by atoms with E-state index in [9.17, 15) is 13.2 Å². The highest BCUT2D eigenvalue weighted by Crippen LogP contribution is 2.40. The van der Waals surface area contributed by atoms with Crippen molar-refractivity contribution in [1.82, 2.24) is 9.55 Å². The minimum Gasteiger partial charge on any atom is -0.292 e. The second-order valence-corrected chi connectivity index (χ2v) is 11.4. The summed E-state index contributed by atoms with van der Waals surface area (Å²) in [4.78, 5) is 6.37. The highest BCUT2D eigenvalue weighted by molar-refractivity contribution is 7.22. The smallest absolute Gasteiger partial charge is 0.292 e. The largest absolute Gasteiger partial charge is 0.416 e. The van der Waals surface area contributed by atoms with Crippen LogP contribution in [0.4, 0.5) is 13.2 Å². The Morgan fingerprint density at radius 3 is 1.88 bits per heavy atom. The van der Waals surface area contributed by atoms with Crippen LogP contribution in [0.15, 0.2) is 127 Å². The zero-order valence-corrected chi connectivity index (χ0v) is 22.9. The van der Waals surface area contributed by atoms with Crippen LogP contribution in [-0.2, 0) is 6.18 Å².